The van der Waals surface area contributed by atoms with E-state index in [9.17, 15) is 4.79 Å². The van der Waals surface area contributed by atoms with Crippen molar-refractivity contribution in [2.24, 2.45) is 0 Å². The maximum absolute atomic E-state index is 11.0. The zero-order valence-corrected chi connectivity index (χ0v) is 13.5. The van der Waals surface area contributed by atoms with E-state index in [-0.39, 0.29) is 5.91 Å². The molecule has 1 amide bonds. The van der Waals surface area contributed by atoms with Crippen molar-refractivity contribution in [3.8, 4) is 23.0 Å². The zero-order valence-electron chi connectivity index (χ0n) is 13.5. The first-order chi connectivity index (χ1) is 11.6. The molecule has 5 heteroatoms. The van der Waals surface area contributed by atoms with Crippen LogP contribution in [0, 0.1) is 6.92 Å². The van der Waals surface area contributed by atoms with Crippen LogP contribution in [-0.2, 0) is 4.79 Å². The molecular formula is C19H17N3O2. The van der Waals surface area contributed by atoms with Crippen LogP contribution in [0.4, 0.5) is 5.69 Å². The summed E-state index contributed by atoms with van der Waals surface area (Å²) >= 11 is 0. The van der Waals surface area contributed by atoms with Crippen LogP contribution in [0.5, 0.6) is 11.6 Å². The standard InChI is InChI=1S/C19H17N3O2/c1-13-12-18(22-19(20-13)15-6-4-3-5-7-15)24-17-10-8-16(9-11-17)21-14(2)23/h3-12H,1-2H3,(H,21,23). The SMILES string of the molecule is CC(=O)Nc1ccc(Oc2cc(C)nc(-c3ccccc3)n2)cc1. The summed E-state index contributed by atoms with van der Waals surface area (Å²) in [6.07, 6.45) is 0. The van der Waals surface area contributed by atoms with Crippen molar-refractivity contribution >= 4 is 11.6 Å². The number of benzene rings is 2. The van der Waals surface area contributed by atoms with E-state index >= 15 is 0 Å². The number of aryl methyl sites for hydroxylation is 1. The average molecular weight is 319 g/mol. The number of nitrogens with one attached hydrogen (secondary N) is 1. The van der Waals surface area contributed by atoms with E-state index in [1.807, 2.05) is 37.3 Å². The normalized spacial score (nSPS) is 10.2. The number of amides is 1. The maximum Gasteiger partial charge on any atom is 0.223 e. The van der Waals surface area contributed by atoms with Crippen molar-refractivity contribution in [3.63, 3.8) is 0 Å². The summed E-state index contributed by atoms with van der Waals surface area (Å²) in [5.74, 6) is 1.64. The molecule has 1 N–H and O–H groups in total. The van der Waals surface area contributed by atoms with Gasteiger partial charge in [0.1, 0.15) is 5.75 Å². The van der Waals surface area contributed by atoms with Gasteiger partial charge >= 0.3 is 0 Å². The van der Waals surface area contributed by atoms with Crippen molar-refractivity contribution in [2.75, 3.05) is 5.32 Å². The van der Waals surface area contributed by atoms with Gasteiger partial charge in [-0.25, -0.2) is 4.98 Å². The van der Waals surface area contributed by atoms with E-state index < -0.39 is 0 Å². The molecule has 0 radical (unpaired) electrons. The number of hydrogen-bond donors (Lipinski definition) is 1. The summed E-state index contributed by atoms with van der Waals surface area (Å²) in [4.78, 5) is 20.0. The monoisotopic (exact) mass is 319 g/mol. The van der Waals surface area contributed by atoms with Gasteiger partial charge < -0.3 is 10.1 Å². The fourth-order valence-electron chi connectivity index (χ4n) is 2.24. The molecule has 1 aromatic heterocycles. The highest BCUT2D eigenvalue weighted by molar-refractivity contribution is 5.88. The number of nitrogens with zero attached hydrogens (tertiary/aromatic N) is 2. The Morgan fingerprint density at radius 1 is 1.00 bits per heavy atom. The Morgan fingerprint density at radius 3 is 2.38 bits per heavy atom. The predicted octanol–water partition coefficient (Wildman–Crippen LogP) is 4.20. The van der Waals surface area contributed by atoms with Crippen molar-refractivity contribution < 1.29 is 9.53 Å². The summed E-state index contributed by atoms with van der Waals surface area (Å²) < 4.78 is 5.82. The molecule has 0 aliphatic carbocycles. The molecule has 5 nitrogen and oxygen atoms in total. The summed E-state index contributed by atoms with van der Waals surface area (Å²) in [7, 11) is 0. The number of anilines is 1. The van der Waals surface area contributed by atoms with E-state index in [0.29, 0.717) is 17.5 Å². The van der Waals surface area contributed by atoms with E-state index in [1.54, 1.807) is 30.3 Å². The van der Waals surface area contributed by atoms with Crippen LogP contribution in [0.1, 0.15) is 12.6 Å². The van der Waals surface area contributed by atoms with Crippen molar-refractivity contribution in [2.45, 2.75) is 13.8 Å². The van der Waals surface area contributed by atoms with Gasteiger partial charge in [-0.1, -0.05) is 30.3 Å². The van der Waals surface area contributed by atoms with Crippen LogP contribution in [0.3, 0.4) is 0 Å². The molecule has 0 saturated carbocycles. The van der Waals surface area contributed by atoms with Crippen molar-refractivity contribution in [3.05, 3.63) is 66.4 Å². The molecule has 0 saturated heterocycles. The van der Waals surface area contributed by atoms with Crippen molar-refractivity contribution in [1.29, 1.82) is 0 Å². The van der Waals surface area contributed by atoms with Crippen molar-refractivity contribution in [1.82, 2.24) is 9.97 Å². The number of ether oxygens (including phenoxy) is 1. The first-order valence-electron chi connectivity index (χ1n) is 7.57. The lowest BCUT2D eigenvalue weighted by Gasteiger charge is -2.09. The van der Waals surface area contributed by atoms with E-state index in [2.05, 4.69) is 15.3 Å². The third-order valence-corrected chi connectivity index (χ3v) is 3.26. The maximum atomic E-state index is 11.0. The van der Waals surface area contributed by atoms with Gasteiger partial charge in [-0.15, -0.1) is 0 Å². The second-order valence-corrected chi connectivity index (χ2v) is 5.34. The van der Waals surface area contributed by atoms with Gasteiger partial charge in [0.05, 0.1) is 0 Å². The molecule has 0 aliphatic rings. The van der Waals surface area contributed by atoms with E-state index in [0.717, 1.165) is 16.9 Å². The highest BCUT2D eigenvalue weighted by atomic mass is 16.5. The first-order valence-corrected chi connectivity index (χ1v) is 7.57. The summed E-state index contributed by atoms with van der Waals surface area (Å²) in [5.41, 5.74) is 2.49. The van der Waals surface area contributed by atoms with E-state index in [4.69, 9.17) is 4.74 Å². The largest absolute Gasteiger partial charge is 0.439 e. The molecule has 0 spiro atoms. The molecule has 24 heavy (non-hydrogen) atoms. The smallest absolute Gasteiger partial charge is 0.223 e. The van der Waals surface area contributed by atoms with Gasteiger partial charge in [0.25, 0.3) is 0 Å². The lowest BCUT2D eigenvalue weighted by molar-refractivity contribution is -0.114. The second kappa shape index (κ2) is 6.91. The number of hydrogen-bond acceptors (Lipinski definition) is 4. The van der Waals surface area contributed by atoms with Crippen LogP contribution in [0.2, 0.25) is 0 Å². The lowest BCUT2D eigenvalue weighted by Crippen LogP contribution is -2.05. The Kier molecular flexibility index (Phi) is 4.52. The lowest BCUT2D eigenvalue weighted by atomic mass is 10.2. The Bertz CT molecular complexity index is 846. The van der Waals surface area contributed by atoms with Gasteiger partial charge in [0.15, 0.2) is 5.82 Å². The van der Waals surface area contributed by atoms with Gasteiger partial charge in [-0.2, -0.15) is 4.98 Å². The third-order valence-electron chi connectivity index (χ3n) is 3.26. The molecule has 120 valence electrons. The molecule has 0 bridgehead atoms. The highest BCUT2D eigenvalue weighted by Crippen LogP contribution is 2.24. The molecule has 0 atom stereocenters. The topological polar surface area (TPSA) is 64.1 Å². The number of carbonyl (C=O) groups excluding carboxylic acids is 1. The van der Waals surface area contributed by atoms with Gasteiger partial charge in [0, 0.05) is 29.9 Å². The molecule has 1 heterocycles. The number of aromatic nitrogens is 2. The van der Waals surface area contributed by atoms with Crippen LogP contribution in [0.25, 0.3) is 11.4 Å². The molecule has 0 fully saturated rings. The van der Waals surface area contributed by atoms with Crippen LogP contribution in [0.15, 0.2) is 60.7 Å². The average Bonchev–Trinajstić information content (AvgIpc) is 2.56. The van der Waals surface area contributed by atoms with Crippen LogP contribution in [-0.4, -0.2) is 15.9 Å². The summed E-state index contributed by atoms with van der Waals surface area (Å²) in [6.45, 7) is 3.38. The predicted molar refractivity (Wildman–Crippen MR) is 93.0 cm³/mol. The fourth-order valence-corrected chi connectivity index (χ4v) is 2.24. The van der Waals surface area contributed by atoms with E-state index in [1.165, 1.54) is 6.92 Å². The quantitative estimate of drug-likeness (QED) is 0.782. The minimum atomic E-state index is -0.109. The third kappa shape index (κ3) is 3.95. The Morgan fingerprint density at radius 2 is 1.71 bits per heavy atom. The number of rotatable bonds is 4. The summed E-state index contributed by atoms with van der Waals surface area (Å²) in [5, 5.41) is 2.72. The molecule has 3 rings (SSSR count). The highest BCUT2D eigenvalue weighted by Gasteiger charge is 2.07. The first kappa shape index (κ1) is 15.7. The minimum Gasteiger partial charge on any atom is -0.439 e. The van der Waals surface area contributed by atoms with Gasteiger partial charge in [-0.05, 0) is 31.2 Å². The van der Waals surface area contributed by atoms with Crippen LogP contribution < -0.4 is 10.1 Å². The molecular weight excluding hydrogens is 302 g/mol. The summed E-state index contributed by atoms with van der Waals surface area (Å²) in [6, 6.07) is 18.7. The Balaban J connectivity index is 1.82. The second-order valence-electron chi connectivity index (χ2n) is 5.34. The zero-order chi connectivity index (χ0) is 16.9. The van der Waals surface area contributed by atoms with Gasteiger partial charge in [0.2, 0.25) is 11.8 Å². The Labute approximate surface area is 140 Å². The molecule has 0 unspecified atom stereocenters. The fraction of sp³-hybridized carbons (Fsp3) is 0.105. The Hall–Kier alpha value is -3.21. The minimum absolute atomic E-state index is 0.109. The van der Waals surface area contributed by atoms with Gasteiger partial charge in [-0.3, -0.25) is 4.79 Å². The molecule has 2 aromatic carbocycles. The van der Waals surface area contributed by atoms with Crippen LogP contribution >= 0.6 is 0 Å². The molecule has 3 aromatic rings. The molecule has 0 aliphatic heterocycles. The number of carbonyl (C=O) groups is 1.